The second kappa shape index (κ2) is 8.08. The zero-order valence-corrected chi connectivity index (χ0v) is 18.2. The van der Waals surface area contributed by atoms with E-state index in [2.05, 4.69) is 56.4 Å². The molecule has 1 aromatic carbocycles. The first-order valence-electron chi connectivity index (χ1n) is 9.98. The Bertz CT molecular complexity index is 1020. The van der Waals surface area contributed by atoms with Crippen LogP contribution < -0.4 is 10.2 Å². The Balaban J connectivity index is 1.44. The Morgan fingerprint density at radius 3 is 2.69 bits per heavy atom. The number of aromatic nitrogens is 2. The number of hydrogen-bond donors (Lipinski definition) is 1. The Labute approximate surface area is 175 Å². The molecular weight excluding hydrogens is 382 g/mol. The van der Waals surface area contributed by atoms with E-state index in [4.69, 9.17) is 0 Å². The van der Waals surface area contributed by atoms with Gasteiger partial charge in [0, 0.05) is 30.9 Å². The number of hydrogen-bond acceptors (Lipinski definition) is 6. The average Bonchev–Trinajstić information content (AvgIpc) is 3.13. The van der Waals surface area contributed by atoms with Crippen LogP contribution in [0.2, 0.25) is 0 Å². The van der Waals surface area contributed by atoms with Gasteiger partial charge in [0.2, 0.25) is 5.91 Å². The summed E-state index contributed by atoms with van der Waals surface area (Å²) in [7, 11) is 0. The molecule has 4 rings (SSSR count). The van der Waals surface area contributed by atoms with Crippen molar-refractivity contribution in [3.05, 3.63) is 47.1 Å². The largest absolute Gasteiger partial charge is 0.348 e. The van der Waals surface area contributed by atoms with Gasteiger partial charge >= 0.3 is 0 Å². The van der Waals surface area contributed by atoms with Crippen LogP contribution in [0.25, 0.3) is 10.2 Å². The molecule has 1 aliphatic heterocycles. The predicted molar refractivity (Wildman–Crippen MR) is 120 cm³/mol. The van der Waals surface area contributed by atoms with Gasteiger partial charge in [-0.25, -0.2) is 9.97 Å². The predicted octanol–water partition coefficient (Wildman–Crippen LogP) is 3.85. The van der Waals surface area contributed by atoms with E-state index >= 15 is 0 Å². The maximum absolute atomic E-state index is 12.7. The van der Waals surface area contributed by atoms with Crippen molar-refractivity contribution in [2.24, 2.45) is 0 Å². The SMILES string of the molecule is Cc1ccc(C)c(NC(=O)CN2C[C@@H](C)N(c3ncnc4sccc34)[C@@H](C)C2)c1. The first kappa shape index (κ1) is 19.8. The molecule has 3 aromatic rings. The molecule has 29 heavy (non-hydrogen) atoms. The molecule has 1 N–H and O–H groups in total. The van der Waals surface area contributed by atoms with Crippen LogP contribution in [0.1, 0.15) is 25.0 Å². The van der Waals surface area contributed by atoms with Crippen molar-refractivity contribution >= 4 is 39.0 Å². The summed E-state index contributed by atoms with van der Waals surface area (Å²) in [5.41, 5.74) is 3.13. The van der Waals surface area contributed by atoms with Crippen LogP contribution in [0, 0.1) is 13.8 Å². The van der Waals surface area contributed by atoms with E-state index in [-0.39, 0.29) is 18.0 Å². The molecule has 0 radical (unpaired) electrons. The fourth-order valence-corrected chi connectivity index (χ4v) is 4.95. The van der Waals surface area contributed by atoms with Crippen LogP contribution in [0.15, 0.2) is 36.0 Å². The molecule has 1 amide bonds. The molecule has 0 saturated carbocycles. The monoisotopic (exact) mass is 409 g/mol. The normalized spacial score (nSPS) is 20.2. The number of carbonyl (C=O) groups is 1. The number of piperazine rings is 1. The van der Waals surface area contributed by atoms with Crippen molar-refractivity contribution in [1.82, 2.24) is 14.9 Å². The van der Waals surface area contributed by atoms with E-state index in [1.165, 1.54) is 0 Å². The number of anilines is 2. The number of amides is 1. The molecule has 1 fully saturated rings. The molecule has 7 heteroatoms. The van der Waals surface area contributed by atoms with E-state index in [1.54, 1.807) is 17.7 Å². The second-order valence-corrected chi connectivity index (χ2v) is 8.90. The summed E-state index contributed by atoms with van der Waals surface area (Å²) in [4.78, 5) is 27.2. The Morgan fingerprint density at radius 2 is 1.93 bits per heavy atom. The molecule has 0 bridgehead atoms. The van der Waals surface area contributed by atoms with E-state index in [1.807, 2.05) is 26.0 Å². The molecule has 2 aromatic heterocycles. The fourth-order valence-electron chi connectivity index (χ4n) is 4.22. The molecule has 2 atom stereocenters. The Kier molecular flexibility index (Phi) is 5.52. The van der Waals surface area contributed by atoms with Gasteiger partial charge < -0.3 is 10.2 Å². The van der Waals surface area contributed by atoms with E-state index in [9.17, 15) is 4.79 Å². The molecule has 6 nitrogen and oxygen atoms in total. The molecule has 0 spiro atoms. The van der Waals surface area contributed by atoms with Gasteiger partial charge in [0.25, 0.3) is 0 Å². The fraction of sp³-hybridized carbons (Fsp3) is 0.409. The number of benzene rings is 1. The highest BCUT2D eigenvalue weighted by Gasteiger charge is 2.32. The van der Waals surface area contributed by atoms with Gasteiger partial charge in [0.05, 0.1) is 11.9 Å². The lowest BCUT2D eigenvalue weighted by atomic mass is 10.1. The summed E-state index contributed by atoms with van der Waals surface area (Å²) in [6.07, 6.45) is 1.65. The van der Waals surface area contributed by atoms with E-state index in [0.717, 1.165) is 45.9 Å². The highest BCUT2D eigenvalue weighted by atomic mass is 32.1. The minimum absolute atomic E-state index is 0.0359. The summed E-state index contributed by atoms with van der Waals surface area (Å²) in [5.74, 6) is 1.03. The van der Waals surface area contributed by atoms with Crippen LogP contribution in [-0.4, -0.2) is 52.5 Å². The molecule has 1 saturated heterocycles. The quantitative estimate of drug-likeness (QED) is 0.709. The van der Waals surface area contributed by atoms with Crippen molar-refractivity contribution in [3.63, 3.8) is 0 Å². The van der Waals surface area contributed by atoms with Crippen LogP contribution >= 0.6 is 11.3 Å². The van der Waals surface area contributed by atoms with Gasteiger partial charge in [-0.3, -0.25) is 9.69 Å². The van der Waals surface area contributed by atoms with Crippen molar-refractivity contribution in [2.45, 2.75) is 39.8 Å². The lowest BCUT2D eigenvalue weighted by molar-refractivity contribution is -0.117. The number of carbonyl (C=O) groups excluding carboxylic acids is 1. The van der Waals surface area contributed by atoms with E-state index in [0.29, 0.717) is 6.54 Å². The molecule has 152 valence electrons. The molecular formula is C22H27N5OS. The molecule has 1 aliphatic rings. The average molecular weight is 410 g/mol. The molecule has 0 aliphatic carbocycles. The van der Waals surface area contributed by atoms with Crippen LogP contribution in [-0.2, 0) is 4.79 Å². The first-order chi connectivity index (χ1) is 13.9. The number of rotatable bonds is 4. The smallest absolute Gasteiger partial charge is 0.238 e. The van der Waals surface area contributed by atoms with Crippen LogP contribution in [0.3, 0.4) is 0 Å². The lowest BCUT2D eigenvalue weighted by Crippen LogP contribution is -2.58. The summed E-state index contributed by atoms with van der Waals surface area (Å²) in [6, 6.07) is 8.73. The van der Waals surface area contributed by atoms with Gasteiger partial charge in [-0.1, -0.05) is 12.1 Å². The molecule has 0 unspecified atom stereocenters. The summed E-state index contributed by atoms with van der Waals surface area (Å²) >= 11 is 1.64. The molecule has 3 heterocycles. The third kappa shape index (κ3) is 4.11. The second-order valence-electron chi connectivity index (χ2n) is 8.00. The van der Waals surface area contributed by atoms with Crippen LogP contribution in [0.4, 0.5) is 11.5 Å². The zero-order valence-electron chi connectivity index (χ0n) is 17.3. The van der Waals surface area contributed by atoms with Gasteiger partial charge in [-0.05, 0) is 56.3 Å². The van der Waals surface area contributed by atoms with Crippen molar-refractivity contribution < 1.29 is 4.79 Å². The third-order valence-electron chi connectivity index (χ3n) is 5.51. The number of thiophene rings is 1. The topological polar surface area (TPSA) is 61.4 Å². The van der Waals surface area contributed by atoms with Crippen molar-refractivity contribution in [3.8, 4) is 0 Å². The van der Waals surface area contributed by atoms with Crippen molar-refractivity contribution in [1.29, 1.82) is 0 Å². The van der Waals surface area contributed by atoms with Gasteiger partial charge in [-0.2, -0.15) is 0 Å². The van der Waals surface area contributed by atoms with Gasteiger partial charge in [0.1, 0.15) is 17.0 Å². The minimum atomic E-state index is 0.0359. The first-order valence-corrected chi connectivity index (χ1v) is 10.9. The maximum atomic E-state index is 12.7. The Morgan fingerprint density at radius 1 is 1.17 bits per heavy atom. The number of aryl methyl sites for hydroxylation is 2. The minimum Gasteiger partial charge on any atom is -0.348 e. The Hall–Kier alpha value is -2.51. The highest BCUT2D eigenvalue weighted by molar-refractivity contribution is 7.16. The van der Waals surface area contributed by atoms with Gasteiger partial charge in [0.15, 0.2) is 0 Å². The standard InChI is InChI=1S/C22H27N5OS/c1-14-5-6-15(2)19(9-14)25-20(28)12-26-10-16(3)27(17(4)11-26)21-18-7-8-29-22(18)24-13-23-21/h5-9,13,16-17H,10-12H2,1-4H3,(H,25,28)/t16-,17+. The summed E-state index contributed by atoms with van der Waals surface area (Å²) in [5, 5.41) is 6.25. The summed E-state index contributed by atoms with van der Waals surface area (Å²) in [6.45, 7) is 10.5. The van der Waals surface area contributed by atoms with Crippen LogP contribution in [0.5, 0.6) is 0 Å². The zero-order chi connectivity index (χ0) is 20.5. The maximum Gasteiger partial charge on any atom is 0.238 e. The lowest BCUT2D eigenvalue weighted by Gasteiger charge is -2.45. The number of fused-ring (bicyclic) bond motifs is 1. The number of nitrogens with zero attached hydrogens (tertiary/aromatic N) is 4. The van der Waals surface area contributed by atoms with E-state index < -0.39 is 0 Å². The van der Waals surface area contributed by atoms with Crippen molar-refractivity contribution in [2.75, 3.05) is 29.9 Å². The van der Waals surface area contributed by atoms with Gasteiger partial charge in [-0.15, -0.1) is 11.3 Å². The number of nitrogens with one attached hydrogen (secondary N) is 1. The summed E-state index contributed by atoms with van der Waals surface area (Å²) < 4.78 is 0. The highest BCUT2D eigenvalue weighted by Crippen LogP contribution is 2.31. The third-order valence-corrected chi connectivity index (χ3v) is 6.33.